The van der Waals surface area contributed by atoms with E-state index in [1.807, 2.05) is 0 Å². The summed E-state index contributed by atoms with van der Waals surface area (Å²) >= 11 is 0. The minimum absolute atomic E-state index is 0.00439. The standard InChI is InChI=1S/C22H24F6N6O5/c1-11(31-14-6-30-32-19(36)17(14)22(26,27)28)8-38-10-15(35)20(37)33-2-3-34-13(7-33)9-39-16-4-12(21(23,24)25)5-29-18(16)34/h4-6,11,13,15,35H,2-3,7-10H2,1H3,(H2,31,32,36)/t11-,13?,15-/m0/s1. The van der Waals surface area contributed by atoms with E-state index in [-0.39, 0.29) is 44.4 Å². The van der Waals surface area contributed by atoms with Crippen molar-refractivity contribution in [1.29, 1.82) is 0 Å². The molecule has 2 aromatic heterocycles. The van der Waals surface area contributed by atoms with E-state index in [9.17, 15) is 41.0 Å². The molecule has 1 amide bonds. The van der Waals surface area contributed by atoms with Gasteiger partial charge in [0.1, 0.15) is 12.2 Å². The molecule has 2 aromatic rings. The van der Waals surface area contributed by atoms with E-state index in [0.717, 1.165) is 18.5 Å². The number of carbonyl (C=O) groups excluding carboxylic acids is 1. The molecular formula is C22H24F6N6O5. The quantitative estimate of drug-likeness (QED) is 0.427. The van der Waals surface area contributed by atoms with Gasteiger partial charge in [-0.3, -0.25) is 9.59 Å². The summed E-state index contributed by atoms with van der Waals surface area (Å²) < 4.78 is 89.2. The number of H-pyrrole nitrogens is 1. The average Bonchev–Trinajstić information content (AvgIpc) is 2.86. The maximum Gasteiger partial charge on any atom is 0.423 e. The Labute approximate surface area is 216 Å². The number of aliphatic hydroxyl groups excluding tert-OH is 1. The van der Waals surface area contributed by atoms with E-state index < -0.39 is 65.4 Å². The second-order valence-corrected chi connectivity index (χ2v) is 9.07. The smallest absolute Gasteiger partial charge is 0.423 e. The molecule has 0 aliphatic carbocycles. The summed E-state index contributed by atoms with van der Waals surface area (Å²) in [4.78, 5) is 31.3. The molecule has 214 valence electrons. The van der Waals surface area contributed by atoms with Gasteiger partial charge < -0.3 is 29.7 Å². The van der Waals surface area contributed by atoms with Crippen LogP contribution in [0.2, 0.25) is 0 Å². The summed E-state index contributed by atoms with van der Waals surface area (Å²) in [5, 5.41) is 17.9. The molecule has 0 spiro atoms. The SMILES string of the molecule is C[C@@H](COC[C@H](O)C(=O)N1CCN2c3ncc(C(F)(F)F)cc3OCC2C1)Nc1cn[nH]c(=O)c1C(F)(F)F. The zero-order valence-electron chi connectivity index (χ0n) is 20.3. The molecule has 4 heterocycles. The lowest BCUT2D eigenvalue weighted by atomic mass is 10.1. The van der Waals surface area contributed by atoms with Gasteiger partial charge in [0.15, 0.2) is 17.7 Å². The van der Waals surface area contributed by atoms with Crippen LogP contribution >= 0.6 is 0 Å². The molecule has 3 N–H and O–H groups in total. The largest absolute Gasteiger partial charge is 0.487 e. The van der Waals surface area contributed by atoms with Crippen LogP contribution in [0.15, 0.2) is 23.3 Å². The number of aromatic nitrogens is 3. The predicted molar refractivity (Wildman–Crippen MR) is 122 cm³/mol. The minimum Gasteiger partial charge on any atom is -0.487 e. The Kier molecular flexibility index (Phi) is 7.92. The lowest BCUT2D eigenvalue weighted by Gasteiger charge is -2.45. The summed E-state index contributed by atoms with van der Waals surface area (Å²) in [6.45, 7) is 1.34. The number of nitrogens with one attached hydrogen (secondary N) is 2. The van der Waals surface area contributed by atoms with Gasteiger partial charge in [-0.1, -0.05) is 0 Å². The van der Waals surface area contributed by atoms with Crippen molar-refractivity contribution in [3.63, 3.8) is 0 Å². The molecule has 4 rings (SSSR count). The number of hydrogen-bond acceptors (Lipinski definition) is 9. The molecule has 0 aromatic carbocycles. The number of anilines is 2. The van der Waals surface area contributed by atoms with E-state index in [1.165, 1.54) is 11.8 Å². The second-order valence-electron chi connectivity index (χ2n) is 9.07. The molecule has 39 heavy (non-hydrogen) atoms. The Balaban J connectivity index is 1.28. The van der Waals surface area contributed by atoms with Crippen LogP contribution in [0.5, 0.6) is 5.75 Å². The van der Waals surface area contributed by atoms with Gasteiger partial charge in [0.05, 0.1) is 36.7 Å². The fourth-order valence-corrected chi connectivity index (χ4v) is 4.31. The van der Waals surface area contributed by atoms with E-state index in [0.29, 0.717) is 0 Å². The Morgan fingerprint density at radius 3 is 2.67 bits per heavy atom. The van der Waals surface area contributed by atoms with Crippen LogP contribution in [-0.2, 0) is 21.9 Å². The summed E-state index contributed by atoms with van der Waals surface area (Å²) in [7, 11) is 0. The van der Waals surface area contributed by atoms with Crippen LogP contribution in [0.3, 0.4) is 0 Å². The topological polar surface area (TPSA) is 133 Å². The van der Waals surface area contributed by atoms with Gasteiger partial charge in [0.2, 0.25) is 0 Å². The van der Waals surface area contributed by atoms with Gasteiger partial charge in [-0.2, -0.15) is 31.4 Å². The van der Waals surface area contributed by atoms with Crippen LogP contribution in [0.1, 0.15) is 18.1 Å². The number of aromatic amines is 1. The first-order chi connectivity index (χ1) is 18.3. The molecule has 11 nitrogen and oxygen atoms in total. The lowest BCUT2D eigenvalue weighted by Crippen LogP contribution is -2.60. The first-order valence-electron chi connectivity index (χ1n) is 11.7. The number of fused-ring (bicyclic) bond motifs is 3. The number of aliphatic hydroxyl groups is 1. The number of piperazine rings is 1. The molecule has 1 unspecified atom stereocenters. The minimum atomic E-state index is -4.92. The highest BCUT2D eigenvalue weighted by Crippen LogP contribution is 2.38. The number of amides is 1. The second kappa shape index (κ2) is 10.9. The molecule has 2 aliphatic rings. The predicted octanol–water partition coefficient (Wildman–Crippen LogP) is 1.49. The number of ether oxygens (including phenoxy) is 2. The van der Waals surface area contributed by atoms with E-state index in [2.05, 4.69) is 15.4 Å². The number of nitrogens with zero attached hydrogens (tertiary/aromatic N) is 4. The molecule has 2 aliphatic heterocycles. The van der Waals surface area contributed by atoms with E-state index >= 15 is 0 Å². The van der Waals surface area contributed by atoms with Crippen LogP contribution in [0, 0.1) is 0 Å². The maximum absolute atomic E-state index is 13.2. The number of carbonyl (C=O) groups is 1. The van der Waals surface area contributed by atoms with Gasteiger partial charge in [-0.05, 0) is 13.0 Å². The van der Waals surface area contributed by atoms with E-state index in [4.69, 9.17) is 9.47 Å². The lowest BCUT2D eigenvalue weighted by molar-refractivity contribution is -0.144. The first-order valence-corrected chi connectivity index (χ1v) is 11.7. The molecule has 1 saturated heterocycles. The van der Waals surface area contributed by atoms with Gasteiger partial charge >= 0.3 is 12.4 Å². The van der Waals surface area contributed by atoms with Crippen molar-refractivity contribution in [2.24, 2.45) is 0 Å². The van der Waals surface area contributed by atoms with Gasteiger partial charge in [0, 0.05) is 31.9 Å². The summed E-state index contributed by atoms with van der Waals surface area (Å²) in [5.74, 6) is -0.421. The van der Waals surface area contributed by atoms with Gasteiger partial charge in [-0.25, -0.2) is 10.1 Å². The third-order valence-corrected chi connectivity index (χ3v) is 6.13. The number of pyridine rings is 1. The third-order valence-electron chi connectivity index (χ3n) is 6.13. The number of alkyl halides is 6. The zero-order chi connectivity index (χ0) is 28.5. The van der Waals surface area contributed by atoms with Crippen molar-refractivity contribution >= 4 is 17.4 Å². The monoisotopic (exact) mass is 566 g/mol. The molecule has 0 bridgehead atoms. The maximum atomic E-state index is 13.2. The summed E-state index contributed by atoms with van der Waals surface area (Å²) in [5.41, 5.74) is -4.33. The average molecular weight is 566 g/mol. The fraction of sp³-hybridized carbons (Fsp3) is 0.545. The molecule has 3 atom stereocenters. The Morgan fingerprint density at radius 1 is 1.23 bits per heavy atom. The van der Waals surface area contributed by atoms with Crippen molar-refractivity contribution in [2.45, 2.75) is 37.5 Å². The zero-order valence-corrected chi connectivity index (χ0v) is 20.3. The highest BCUT2D eigenvalue weighted by Gasteiger charge is 2.40. The molecular weight excluding hydrogens is 542 g/mol. The van der Waals surface area contributed by atoms with Crippen LogP contribution in [0.4, 0.5) is 37.8 Å². The molecule has 0 saturated carbocycles. The number of rotatable bonds is 7. The third kappa shape index (κ3) is 6.35. The molecule has 17 heteroatoms. The van der Waals surface area contributed by atoms with Crippen LogP contribution in [-0.4, -0.2) is 88.7 Å². The number of halogens is 6. The summed E-state index contributed by atoms with van der Waals surface area (Å²) in [6.07, 6.45) is -9.52. The van der Waals surface area contributed by atoms with Crippen molar-refractivity contribution in [3.8, 4) is 5.75 Å². The Bertz CT molecular complexity index is 1260. The number of hydrogen-bond donors (Lipinski definition) is 3. The van der Waals surface area contributed by atoms with Crippen molar-refractivity contribution < 1.29 is 45.7 Å². The fourth-order valence-electron chi connectivity index (χ4n) is 4.31. The Morgan fingerprint density at radius 2 is 1.97 bits per heavy atom. The van der Waals surface area contributed by atoms with Crippen LogP contribution in [0.25, 0.3) is 0 Å². The summed E-state index contributed by atoms with van der Waals surface area (Å²) in [6, 6.07) is -0.267. The Hall–Kier alpha value is -3.60. The van der Waals surface area contributed by atoms with Crippen molar-refractivity contribution in [3.05, 3.63) is 39.9 Å². The molecule has 1 fully saturated rings. The van der Waals surface area contributed by atoms with E-state index in [1.54, 1.807) is 10.00 Å². The van der Waals surface area contributed by atoms with Crippen LogP contribution < -0.4 is 20.5 Å². The van der Waals surface area contributed by atoms with Gasteiger partial charge in [-0.15, -0.1) is 0 Å². The van der Waals surface area contributed by atoms with Gasteiger partial charge in [0.25, 0.3) is 11.5 Å². The highest BCUT2D eigenvalue weighted by atomic mass is 19.4. The first kappa shape index (κ1) is 28.4. The normalized spacial score (nSPS) is 19.0. The van der Waals surface area contributed by atoms with Crippen molar-refractivity contribution in [2.75, 3.05) is 49.7 Å². The highest BCUT2D eigenvalue weighted by molar-refractivity contribution is 5.81. The molecule has 0 radical (unpaired) electrons. The van der Waals surface area contributed by atoms with Crippen molar-refractivity contribution in [1.82, 2.24) is 20.1 Å².